The number of fused-ring (bicyclic) bond motifs is 2. The zero-order chi connectivity index (χ0) is 35.6. The number of anilines is 2. The summed E-state index contributed by atoms with van der Waals surface area (Å²) in [7, 11) is -3.53. The maximum atomic E-state index is 16.4. The van der Waals surface area contributed by atoms with E-state index in [4.69, 9.17) is 16.3 Å². The van der Waals surface area contributed by atoms with Crippen molar-refractivity contribution in [1.82, 2.24) is 10.2 Å². The van der Waals surface area contributed by atoms with Crippen LogP contribution in [0.5, 0.6) is 0 Å². The predicted molar refractivity (Wildman–Crippen MR) is 195 cm³/mol. The van der Waals surface area contributed by atoms with Gasteiger partial charge in [-0.25, -0.2) is 0 Å². The molecule has 6 rings (SSSR count). The molecule has 9 nitrogen and oxygen atoms in total. The highest BCUT2D eigenvalue weighted by Gasteiger charge is 2.67. The van der Waals surface area contributed by atoms with E-state index in [1.54, 1.807) is 41.1 Å². The van der Waals surface area contributed by atoms with Gasteiger partial charge in [-0.15, -0.1) is 0 Å². The van der Waals surface area contributed by atoms with E-state index >= 15 is 4.11 Å². The van der Waals surface area contributed by atoms with Gasteiger partial charge in [0.1, 0.15) is 0 Å². The molecule has 1 spiro atoms. The van der Waals surface area contributed by atoms with Crippen LogP contribution in [0.4, 0.5) is 15.5 Å². The molecule has 2 fully saturated rings. The number of carbonyl (C=O) groups excluding carboxylic acids is 3. The molecular weight excluding hydrogens is 675 g/mol. The molecule has 0 saturated carbocycles. The van der Waals surface area contributed by atoms with Crippen molar-refractivity contribution >= 4 is 49.1 Å². The van der Waals surface area contributed by atoms with Gasteiger partial charge in [-0.2, -0.15) is 0 Å². The molecule has 0 aliphatic carbocycles. The van der Waals surface area contributed by atoms with Crippen molar-refractivity contribution in [2.24, 2.45) is 11.8 Å². The van der Waals surface area contributed by atoms with Gasteiger partial charge in [0.2, 0.25) is 20.2 Å². The van der Waals surface area contributed by atoms with Gasteiger partial charge in [0.05, 0.1) is 37.3 Å². The quantitative estimate of drug-likeness (QED) is 0.165. The van der Waals surface area contributed by atoms with Crippen LogP contribution in [0.3, 0.4) is 0 Å². The first kappa shape index (κ1) is 36.2. The van der Waals surface area contributed by atoms with Crippen molar-refractivity contribution in [2.45, 2.75) is 69.6 Å². The summed E-state index contributed by atoms with van der Waals surface area (Å²) in [6.07, 6.45) is 0.780. The maximum absolute atomic E-state index is 16.4. The monoisotopic (exact) mass is 720 g/mol. The van der Waals surface area contributed by atoms with Crippen molar-refractivity contribution in [3.63, 3.8) is 0 Å². The third kappa shape index (κ3) is 7.25. The van der Waals surface area contributed by atoms with Gasteiger partial charge in [-0.3, -0.25) is 14.4 Å². The van der Waals surface area contributed by atoms with E-state index in [-0.39, 0.29) is 56.3 Å². The summed E-state index contributed by atoms with van der Waals surface area (Å²) in [4.78, 5) is 44.8. The zero-order valence-corrected chi connectivity index (χ0v) is 30.6. The minimum Gasteiger partial charge on any atom is -0.395 e. The molecule has 3 aliphatic rings. The average Bonchev–Trinajstić information content (AvgIpc) is 3.51. The summed E-state index contributed by atoms with van der Waals surface area (Å²) >= 11 is 6.54. The van der Waals surface area contributed by atoms with Crippen LogP contribution in [-0.4, -0.2) is 68.5 Å². The van der Waals surface area contributed by atoms with Crippen LogP contribution in [-0.2, 0) is 37.8 Å². The average molecular weight is 721 g/mol. The number of carbonyl (C=O) groups is 3. The van der Waals surface area contributed by atoms with Crippen LogP contribution in [0.15, 0.2) is 72.8 Å². The lowest BCUT2D eigenvalue weighted by Gasteiger charge is -2.31. The molecule has 0 aromatic heterocycles. The highest BCUT2D eigenvalue weighted by atomic mass is 35.5. The van der Waals surface area contributed by atoms with E-state index in [1.165, 1.54) is 0 Å². The highest BCUT2D eigenvalue weighted by Crippen LogP contribution is 2.60. The van der Waals surface area contributed by atoms with E-state index in [9.17, 15) is 19.5 Å². The molecule has 0 bridgehead atoms. The SMILES string of the molecule is C[C@H]1[C@H]([Si](C)(C)F)[C@@H](CC(=O)N(CCO)Cc2ccccc2)O[C@]12C(=O)N(Cc1cccc(NC(=O)C3CCCNC3)c1)c1ccc(Cl)cc12. The number of rotatable bonds is 11. The maximum Gasteiger partial charge on any atom is 0.264 e. The molecule has 3 amide bonds. The smallest absolute Gasteiger partial charge is 0.264 e. The number of nitrogens with one attached hydrogen (secondary N) is 2. The first-order chi connectivity index (χ1) is 23.9. The number of ether oxygens (including phenoxy) is 1. The van der Waals surface area contributed by atoms with Crippen LogP contribution in [0.25, 0.3) is 0 Å². The van der Waals surface area contributed by atoms with Crippen molar-refractivity contribution < 1.29 is 28.3 Å². The molecule has 0 radical (unpaired) electrons. The van der Waals surface area contributed by atoms with Gasteiger partial charge in [0, 0.05) is 47.4 Å². The second kappa shape index (κ2) is 14.9. The Morgan fingerprint density at radius 1 is 1.12 bits per heavy atom. The van der Waals surface area contributed by atoms with Crippen LogP contribution in [0.2, 0.25) is 23.7 Å². The summed E-state index contributed by atoms with van der Waals surface area (Å²) in [5.74, 6) is -1.35. The van der Waals surface area contributed by atoms with Gasteiger partial charge in [-0.05, 0) is 73.9 Å². The van der Waals surface area contributed by atoms with Crippen LogP contribution in [0.1, 0.15) is 42.9 Å². The second-order valence-electron chi connectivity index (χ2n) is 14.3. The number of aliphatic hydroxyl groups excluding tert-OH is 1. The van der Waals surface area contributed by atoms with Crippen molar-refractivity contribution in [3.8, 4) is 0 Å². The molecule has 3 aliphatic heterocycles. The van der Waals surface area contributed by atoms with E-state index in [1.807, 2.05) is 61.5 Å². The van der Waals surface area contributed by atoms with Gasteiger partial charge >= 0.3 is 0 Å². The Balaban J connectivity index is 1.28. The number of hydrogen-bond acceptors (Lipinski definition) is 6. The zero-order valence-electron chi connectivity index (χ0n) is 28.8. The Hall–Kier alpha value is -3.61. The van der Waals surface area contributed by atoms with Crippen molar-refractivity contribution in [3.05, 3.63) is 94.5 Å². The van der Waals surface area contributed by atoms with E-state index in [0.29, 0.717) is 28.5 Å². The fourth-order valence-electron chi connectivity index (χ4n) is 8.14. The Morgan fingerprint density at radius 2 is 1.88 bits per heavy atom. The molecule has 3 heterocycles. The molecule has 50 heavy (non-hydrogen) atoms. The third-order valence-corrected chi connectivity index (χ3v) is 13.1. The molecule has 266 valence electrons. The van der Waals surface area contributed by atoms with Gasteiger partial charge in [0.25, 0.3) is 5.91 Å². The molecule has 2 saturated heterocycles. The summed E-state index contributed by atoms with van der Waals surface area (Å²) in [6, 6.07) is 22.2. The van der Waals surface area contributed by atoms with Gasteiger partial charge < -0.3 is 34.4 Å². The van der Waals surface area contributed by atoms with Crippen LogP contribution in [0, 0.1) is 11.8 Å². The Kier molecular flexibility index (Phi) is 10.8. The number of amides is 3. The predicted octanol–water partition coefficient (Wildman–Crippen LogP) is 6.01. The number of hydrogen-bond donors (Lipinski definition) is 3. The van der Waals surface area contributed by atoms with Crippen molar-refractivity contribution in [2.75, 3.05) is 36.5 Å². The molecule has 5 atom stereocenters. The molecule has 3 aromatic rings. The largest absolute Gasteiger partial charge is 0.395 e. The minimum absolute atomic E-state index is 0.0373. The lowest BCUT2D eigenvalue weighted by molar-refractivity contribution is -0.150. The number of piperidine rings is 1. The lowest BCUT2D eigenvalue weighted by atomic mass is 9.82. The number of benzene rings is 3. The fraction of sp³-hybridized carbons (Fsp3) is 0.447. The topological polar surface area (TPSA) is 111 Å². The van der Waals surface area contributed by atoms with E-state index in [0.717, 1.165) is 30.5 Å². The Labute approximate surface area is 299 Å². The van der Waals surface area contributed by atoms with Crippen LogP contribution < -0.4 is 15.5 Å². The van der Waals surface area contributed by atoms with Crippen molar-refractivity contribution in [1.29, 1.82) is 0 Å². The number of aliphatic hydroxyl groups is 1. The van der Waals surface area contributed by atoms with Gasteiger partial charge in [-0.1, -0.05) is 61.0 Å². The summed E-state index contributed by atoms with van der Waals surface area (Å²) in [6.45, 7) is 6.98. The normalized spacial score (nSPS) is 24.8. The molecule has 3 N–H and O–H groups in total. The fourth-order valence-corrected chi connectivity index (χ4v) is 10.8. The van der Waals surface area contributed by atoms with E-state index < -0.39 is 31.6 Å². The number of halogens is 2. The molecule has 12 heteroatoms. The summed E-state index contributed by atoms with van der Waals surface area (Å²) < 4.78 is 23.2. The Morgan fingerprint density at radius 3 is 2.58 bits per heavy atom. The van der Waals surface area contributed by atoms with E-state index in [2.05, 4.69) is 10.6 Å². The summed E-state index contributed by atoms with van der Waals surface area (Å²) in [5.41, 5.74) is 1.30. The Bertz CT molecular complexity index is 1720. The first-order valence-electron chi connectivity index (χ1n) is 17.4. The standard InChI is InChI=1S/C38H46ClFN4O5Si/c1-25-35(50(2,3)40)33(21-34(46)43(17-18-45)23-26-9-5-4-6-10-26)49-38(25)31-20-29(39)14-15-32(31)44(37(38)48)24-27-11-7-13-30(19-27)42-36(47)28-12-8-16-41-22-28/h4-7,9-11,13-15,19-20,25,28,33,35,41,45H,8,12,16-18,21-24H2,1-3H3,(H,42,47)/t25-,28?,33+,35-,38+/m0/s1. The number of nitrogens with zero attached hydrogens (tertiary/aromatic N) is 2. The third-order valence-electron chi connectivity index (χ3n) is 10.4. The van der Waals surface area contributed by atoms with Crippen LogP contribution >= 0.6 is 11.6 Å². The highest BCUT2D eigenvalue weighted by molar-refractivity contribution is 6.72. The summed E-state index contributed by atoms with van der Waals surface area (Å²) in [5, 5.41) is 16.5. The second-order valence-corrected chi connectivity index (χ2v) is 18.5. The molecule has 1 unspecified atom stereocenters. The molecular formula is C38H46ClFN4O5Si. The van der Waals surface area contributed by atoms with Gasteiger partial charge in [0.15, 0.2) is 5.60 Å². The first-order valence-corrected chi connectivity index (χ1v) is 20.8. The minimum atomic E-state index is -3.53. The molecule has 3 aromatic carbocycles. The lowest BCUT2D eigenvalue weighted by Crippen LogP contribution is -2.45.